The number of aromatic nitrogens is 5. The molecule has 13 heteroatoms. The average Bonchev–Trinajstić information content (AvgIpc) is 3.66. The molecule has 1 aromatic carbocycles. The van der Waals surface area contributed by atoms with Crippen LogP contribution in [0.15, 0.2) is 24.5 Å². The second-order valence-electron chi connectivity index (χ2n) is 12.0. The Morgan fingerprint density at radius 2 is 2.05 bits per heavy atom. The van der Waals surface area contributed by atoms with E-state index < -0.39 is 33.6 Å². The summed E-state index contributed by atoms with van der Waals surface area (Å²) < 4.78 is 45.1. The van der Waals surface area contributed by atoms with Crippen molar-refractivity contribution in [3.63, 3.8) is 0 Å². The number of fused-ring (bicyclic) bond motifs is 3. The molecular weight excluding hydrogens is 671 g/mol. The number of pyridine rings is 1. The first-order valence-corrected chi connectivity index (χ1v) is 16.7. The number of hydrogen-bond acceptors (Lipinski definition) is 9. The maximum atomic E-state index is 16.8. The first-order valence-electron chi connectivity index (χ1n) is 14.7. The van der Waals surface area contributed by atoms with Crippen molar-refractivity contribution in [1.29, 1.82) is 0 Å². The first-order chi connectivity index (χ1) is 20.9. The molecule has 43 heavy (non-hydrogen) atoms. The van der Waals surface area contributed by atoms with Crippen LogP contribution in [0.4, 0.5) is 14.6 Å². The van der Waals surface area contributed by atoms with E-state index >= 15 is 4.39 Å². The number of carbonyl (C=O) groups excluding carboxylic acids is 1. The minimum atomic E-state index is -1.21. The fourth-order valence-electron chi connectivity index (χ4n) is 7.10. The van der Waals surface area contributed by atoms with Crippen molar-refractivity contribution in [3.05, 3.63) is 33.9 Å². The zero-order valence-corrected chi connectivity index (χ0v) is 26.3. The molecule has 228 valence electrons. The zero-order valence-electron chi connectivity index (χ0n) is 24.1. The van der Waals surface area contributed by atoms with Crippen molar-refractivity contribution < 1.29 is 43.0 Å². The Kier molecular flexibility index (Phi) is 7.56. The zero-order chi connectivity index (χ0) is 29.7. The fraction of sp³-hybridized carbons (Fsp3) is 0.500. The van der Waals surface area contributed by atoms with Crippen LogP contribution >= 0.6 is 0 Å². The van der Waals surface area contributed by atoms with Crippen molar-refractivity contribution in [1.82, 2.24) is 29.6 Å². The summed E-state index contributed by atoms with van der Waals surface area (Å²) >= 11 is -1.21. The molecule has 3 fully saturated rings. The van der Waals surface area contributed by atoms with Gasteiger partial charge >= 0.3 is 255 Å². The van der Waals surface area contributed by atoms with Gasteiger partial charge in [0.1, 0.15) is 0 Å². The molecule has 0 radical (unpaired) electrons. The van der Waals surface area contributed by atoms with Crippen molar-refractivity contribution in [3.8, 4) is 17.3 Å². The van der Waals surface area contributed by atoms with E-state index in [1.165, 1.54) is 0 Å². The normalized spacial score (nSPS) is 24.2. The van der Waals surface area contributed by atoms with Crippen LogP contribution in [0, 0.1) is 15.3 Å². The molecule has 3 saturated heterocycles. The summed E-state index contributed by atoms with van der Waals surface area (Å²) in [6, 6.07) is 3.80. The van der Waals surface area contributed by atoms with E-state index in [4.69, 9.17) is 12.8 Å². The van der Waals surface area contributed by atoms with E-state index in [0.29, 0.717) is 51.1 Å². The van der Waals surface area contributed by atoms with E-state index in [1.54, 1.807) is 17.1 Å². The van der Waals surface area contributed by atoms with Gasteiger partial charge in [-0.2, -0.15) is 0 Å². The molecule has 0 bridgehead atoms. The molecule has 0 aliphatic carbocycles. The van der Waals surface area contributed by atoms with E-state index in [1.807, 2.05) is 19.2 Å². The Morgan fingerprint density at radius 1 is 1.16 bits per heavy atom. The number of ether oxygens (including phenoxy) is 1. The van der Waals surface area contributed by atoms with Gasteiger partial charge in [0.25, 0.3) is 0 Å². The van der Waals surface area contributed by atoms with Gasteiger partial charge in [-0.05, 0) is 0 Å². The van der Waals surface area contributed by atoms with E-state index in [-0.39, 0.29) is 29.4 Å². The van der Waals surface area contributed by atoms with Gasteiger partial charge in [0.2, 0.25) is 0 Å². The number of carbonyl (C=O) groups is 1. The van der Waals surface area contributed by atoms with Gasteiger partial charge in [0.15, 0.2) is 0 Å². The number of piperidine rings is 1. The molecule has 0 N–H and O–H groups in total. The van der Waals surface area contributed by atoms with Crippen molar-refractivity contribution in [2.24, 2.45) is 13.0 Å². The molecule has 3 aliphatic heterocycles. The number of anilines is 1. The van der Waals surface area contributed by atoms with Crippen molar-refractivity contribution in [2.75, 3.05) is 37.7 Å². The number of hydrogen-bond donors (Lipinski definition) is 0. The Hall–Kier alpha value is -3.20. The predicted octanol–water partition coefficient (Wildman–Crippen LogP) is 1.26. The third-order valence-corrected chi connectivity index (χ3v) is 10.9. The predicted molar refractivity (Wildman–Crippen MR) is 152 cm³/mol. The number of nitrogens with zero attached hydrogens (tertiary/aromatic N) is 7. The van der Waals surface area contributed by atoms with Gasteiger partial charge in [0.05, 0.1) is 0 Å². The second-order valence-corrected chi connectivity index (χ2v) is 14.1. The fourth-order valence-corrected chi connectivity index (χ4v) is 8.57. The minimum absolute atomic E-state index is 0.0804. The number of benzene rings is 1. The Bertz CT molecular complexity index is 1700. The van der Waals surface area contributed by atoms with Crippen LogP contribution in [0.5, 0.6) is 6.01 Å². The monoisotopic (exact) mass is 704 g/mol. The molecule has 6 heterocycles. The van der Waals surface area contributed by atoms with E-state index in [9.17, 15) is 9.18 Å². The summed E-state index contributed by atoms with van der Waals surface area (Å²) in [6.07, 6.45) is 6.80. The van der Waals surface area contributed by atoms with Crippen LogP contribution in [0.25, 0.3) is 33.1 Å². The third kappa shape index (κ3) is 5.07. The van der Waals surface area contributed by atoms with Gasteiger partial charge < -0.3 is 0 Å². The summed E-state index contributed by atoms with van der Waals surface area (Å²) in [5.41, 5.74) is 1.17. The number of aryl methyl sites for hydroxylation is 1. The average molecular weight is 705 g/mol. The topological polar surface area (TPSA) is 98.5 Å². The molecule has 0 spiro atoms. The molecule has 4 aromatic rings. The SMILES string of the molecule is CC1CCCN(c2nc(OC[C@@]34CCCN3C[C@H](F)C4)nc3c(F)c(-c4c([I-]OC=O)ccc5c4cnn5C)ncc23)C1. The Labute approximate surface area is 258 Å². The first kappa shape index (κ1) is 28.6. The van der Waals surface area contributed by atoms with Crippen LogP contribution < -0.4 is 31.3 Å². The molecule has 3 atom stereocenters. The van der Waals surface area contributed by atoms with E-state index in [2.05, 4.69) is 31.8 Å². The molecule has 3 aromatic heterocycles. The number of alkyl halides is 1. The van der Waals surface area contributed by atoms with Gasteiger partial charge in [-0.1, -0.05) is 0 Å². The molecular formula is C30H33F2IN7O3-. The molecule has 0 saturated carbocycles. The summed E-state index contributed by atoms with van der Waals surface area (Å²) in [5, 5.41) is 5.58. The molecule has 1 unspecified atom stereocenters. The summed E-state index contributed by atoms with van der Waals surface area (Å²) in [5.74, 6) is 0.448. The Balaban J connectivity index is 1.36. The Morgan fingerprint density at radius 3 is 2.88 bits per heavy atom. The van der Waals surface area contributed by atoms with E-state index in [0.717, 1.165) is 50.8 Å². The molecule has 10 nitrogen and oxygen atoms in total. The molecule has 0 amide bonds. The van der Waals surface area contributed by atoms with Crippen LogP contribution in [0.2, 0.25) is 0 Å². The van der Waals surface area contributed by atoms with Gasteiger partial charge in [-0.3, -0.25) is 0 Å². The van der Waals surface area contributed by atoms with Gasteiger partial charge in [-0.25, -0.2) is 4.39 Å². The number of halogens is 3. The number of rotatable bonds is 8. The third-order valence-electron chi connectivity index (χ3n) is 9.11. The summed E-state index contributed by atoms with van der Waals surface area (Å²) in [6.45, 7) is 5.70. The van der Waals surface area contributed by atoms with Gasteiger partial charge in [0, 0.05) is 0 Å². The maximum absolute atomic E-state index is 16.8. The quantitative estimate of drug-likeness (QED) is 0.199. The van der Waals surface area contributed by atoms with Gasteiger partial charge in [-0.15, -0.1) is 0 Å². The van der Waals surface area contributed by atoms with Crippen molar-refractivity contribution in [2.45, 2.75) is 50.7 Å². The van der Waals surface area contributed by atoms with Crippen molar-refractivity contribution >= 4 is 34.1 Å². The summed E-state index contributed by atoms with van der Waals surface area (Å²) in [7, 11) is 1.82. The molecule has 7 rings (SSSR count). The van der Waals surface area contributed by atoms with Crippen LogP contribution in [0.1, 0.15) is 39.0 Å². The van der Waals surface area contributed by atoms with Crippen LogP contribution in [-0.4, -0.2) is 80.6 Å². The van der Waals surface area contributed by atoms with Crippen LogP contribution in [0.3, 0.4) is 0 Å². The second kappa shape index (κ2) is 11.4. The van der Waals surface area contributed by atoms with Crippen LogP contribution in [-0.2, 0) is 14.9 Å². The molecule has 3 aliphatic rings. The standard InChI is InChI=1S/C30H33F2IN7O3/c1-18-5-3-9-39(14-18)28-21-12-34-27(24-20-13-35-38(2)23(20)7-6-22(24)33-43-17-41)25(32)26(21)36-29(37-28)42-16-30-8-4-10-40(30)15-19(31)11-30/h6-7,12-13,17-19H,3-5,8-11,14-16H2,1-2H3/q-1/t18?,19-,30+/m1/s1. The summed E-state index contributed by atoms with van der Waals surface area (Å²) in [4.78, 5) is 29.5.